The van der Waals surface area contributed by atoms with Crippen molar-refractivity contribution < 1.29 is 32.2 Å². The van der Waals surface area contributed by atoms with Gasteiger partial charge < -0.3 is 20.1 Å². The first-order valence-electron chi connectivity index (χ1n) is 12.8. The molecule has 9 heteroatoms. The fraction of sp³-hybridized carbons (Fsp3) is 0.704. The zero-order valence-corrected chi connectivity index (χ0v) is 21.7. The number of hydrogen-bond donors (Lipinski definition) is 1. The molecule has 0 aromatic heterocycles. The molecule has 36 heavy (non-hydrogen) atoms. The Hall–Kier alpha value is -2.13. The Morgan fingerprint density at radius 1 is 1.25 bits per heavy atom. The average Bonchev–Trinajstić information content (AvgIpc) is 3.25. The summed E-state index contributed by atoms with van der Waals surface area (Å²) in [7, 11) is 1.14. The van der Waals surface area contributed by atoms with Gasteiger partial charge in [0.2, 0.25) is 5.91 Å². The lowest BCUT2D eigenvalue weighted by atomic mass is 9.73. The van der Waals surface area contributed by atoms with Gasteiger partial charge in [0.1, 0.15) is 0 Å². The zero-order valence-electron chi connectivity index (χ0n) is 21.7. The first kappa shape index (κ1) is 28.4. The molecule has 2 unspecified atom stereocenters. The molecule has 1 saturated heterocycles. The van der Waals surface area contributed by atoms with Crippen molar-refractivity contribution in [1.29, 1.82) is 0 Å². The van der Waals surface area contributed by atoms with Gasteiger partial charge in [-0.3, -0.25) is 4.79 Å². The minimum Gasteiger partial charge on any atom is -0.465 e. The molecule has 2 aliphatic heterocycles. The van der Waals surface area contributed by atoms with Gasteiger partial charge in [0.25, 0.3) is 0 Å². The quantitative estimate of drug-likeness (QED) is 0.579. The third kappa shape index (κ3) is 6.22. The summed E-state index contributed by atoms with van der Waals surface area (Å²) in [5.74, 6) is 0.0431. The number of fused-ring (bicyclic) bond motifs is 1. The van der Waals surface area contributed by atoms with E-state index in [0.29, 0.717) is 36.9 Å². The summed E-state index contributed by atoms with van der Waals surface area (Å²) in [6.07, 6.45) is 0.373. The van der Waals surface area contributed by atoms with Crippen molar-refractivity contribution in [3.63, 3.8) is 0 Å². The Kier molecular flexibility index (Phi) is 9.09. The molecule has 0 bridgehead atoms. The number of nitrogens with zero attached hydrogens (tertiary/aromatic N) is 1. The number of carbonyl (C=O) groups is 2. The van der Waals surface area contributed by atoms with Crippen molar-refractivity contribution in [1.82, 2.24) is 4.90 Å². The van der Waals surface area contributed by atoms with Gasteiger partial charge in [-0.1, -0.05) is 20.8 Å². The summed E-state index contributed by atoms with van der Waals surface area (Å²) in [6.45, 7) is 8.59. The van der Waals surface area contributed by atoms with Crippen LogP contribution < -0.4 is 5.73 Å². The summed E-state index contributed by atoms with van der Waals surface area (Å²) >= 11 is 0. The Morgan fingerprint density at radius 3 is 2.44 bits per heavy atom. The molecular formula is C27H39F3N2O4. The summed E-state index contributed by atoms with van der Waals surface area (Å²) in [4.78, 5) is 27.1. The summed E-state index contributed by atoms with van der Waals surface area (Å²) < 4.78 is 50.0. The van der Waals surface area contributed by atoms with Crippen LogP contribution in [0.4, 0.5) is 13.2 Å². The van der Waals surface area contributed by atoms with Gasteiger partial charge in [0, 0.05) is 32.3 Å². The number of amides is 1. The number of esters is 1. The molecule has 1 aromatic rings. The maximum atomic E-state index is 13.4. The van der Waals surface area contributed by atoms with Crippen LogP contribution in [0.2, 0.25) is 0 Å². The highest BCUT2D eigenvalue weighted by Crippen LogP contribution is 2.46. The Bertz CT molecular complexity index is 944. The molecule has 3 aliphatic rings. The molecule has 1 aliphatic carbocycles. The van der Waals surface area contributed by atoms with Crippen LogP contribution in [-0.4, -0.2) is 49.7 Å². The molecule has 3 atom stereocenters. The fourth-order valence-electron chi connectivity index (χ4n) is 5.63. The van der Waals surface area contributed by atoms with Crippen LogP contribution in [-0.2, 0) is 33.4 Å². The summed E-state index contributed by atoms with van der Waals surface area (Å²) in [5.41, 5.74) is 5.39. The lowest BCUT2D eigenvalue weighted by molar-refractivity contribution is -0.145. The number of rotatable bonds is 3. The van der Waals surface area contributed by atoms with E-state index < -0.39 is 23.1 Å². The van der Waals surface area contributed by atoms with Crippen molar-refractivity contribution >= 4 is 11.9 Å². The number of benzene rings is 1. The van der Waals surface area contributed by atoms with Crippen LogP contribution in [0.3, 0.4) is 0 Å². The van der Waals surface area contributed by atoms with Crippen LogP contribution >= 0.6 is 0 Å². The fourth-order valence-corrected chi connectivity index (χ4v) is 5.63. The van der Waals surface area contributed by atoms with Crippen molar-refractivity contribution in [2.24, 2.45) is 23.0 Å². The molecule has 2 fully saturated rings. The number of halogens is 3. The van der Waals surface area contributed by atoms with Crippen molar-refractivity contribution in [2.45, 2.75) is 78.1 Å². The topological polar surface area (TPSA) is 81.9 Å². The molecule has 1 aromatic carbocycles. The van der Waals surface area contributed by atoms with E-state index in [4.69, 9.17) is 10.5 Å². The van der Waals surface area contributed by atoms with E-state index in [-0.39, 0.29) is 30.0 Å². The van der Waals surface area contributed by atoms with Crippen molar-refractivity contribution in [3.8, 4) is 0 Å². The average molecular weight is 513 g/mol. The van der Waals surface area contributed by atoms with Gasteiger partial charge in [0.15, 0.2) is 0 Å². The molecule has 0 radical (unpaired) electrons. The number of methoxy groups -OCH3 is 1. The number of nitrogens with two attached hydrogens (primary N) is 1. The van der Waals surface area contributed by atoms with E-state index >= 15 is 0 Å². The third-order valence-electron chi connectivity index (χ3n) is 7.86. The Morgan fingerprint density at radius 2 is 1.97 bits per heavy atom. The Balaban J connectivity index is 0.000000444. The smallest absolute Gasteiger partial charge is 0.416 e. The molecule has 2 heterocycles. The van der Waals surface area contributed by atoms with E-state index in [1.54, 1.807) is 4.90 Å². The predicted molar refractivity (Wildman–Crippen MR) is 130 cm³/mol. The van der Waals surface area contributed by atoms with Crippen LogP contribution in [0.25, 0.3) is 0 Å². The van der Waals surface area contributed by atoms with Crippen molar-refractivity contribution in [3.05, 3.63) is 34.4 Å². The summed E-state index contributed by atoms with van der Waals surface area (Å²) in [5, 5.41) is 0. The standard InChI is InChI=1S/C21H27F3N2O3.C6H12O/c1-12(2)20(6-4-15(25)10-20)19(28)26-7-5-16-13(11-26)8-14(21(22,23)24)9-17(16)18(27)29-3;1-6-3-2-4-7-5-6/h8-9,12,15H,4-7,10-11,25H2,1-3H3;6H,2-5H2,1H3/t15?,20-;/m0./s1. The molecule has 6 nitrogen and oxygen atoms in total. The van der Waals surface area contributed by atoms with E-state index in [1.807, 2.05) is 13.8 Å². The normalized spacial score (nSPS) is 26.2. The lowest BCUT2D eigenvalue weighted by Gasteiger charge is -2.40. The zero-order chi connectivity index (χ0) is 26.7. The largest absolute Gasteiger partial charge is 0.465 e. The second kappa shape index (κ2) is 11.5. The monoisotopic (exact) mass is 512 g/mol. The SMILES string of the molecule is CC1CCCOC1.COC(=O)c1cc(C(F)(F)F)cc2c1CCN(C(=O)[C@@]1(C(C)C)CCC(N)C1)C2. The van der Waals surface area contributed by atoms with Gasteiger partial charge in [-0.15, -0.1) is 0 Å². The Labute approximate surface area is 211 Å². The van der Waals surface area contributed by atoms with Crippen LogP contribution in [0.5, 0.6) is 0 Å². The van der Waals surface area contributed by atoms with Gasteiger partial charge in [-0.2, -0.15) is 13.2 Å². The lowest BCUT2D eigenvalue weighted by Crippen LogP contribution is -2.48. The molecule has 1 saturated carbocycles. The van der Waals surface area contributed by atoms with Crippen LogP contribution in [0.15, 0.2) is 12.1 Å². The highest BCUT2D eigenvalue weighted by atomic mass is 19.4. The maximum Gasteiger partial charge on any atom is 0.416 e. The molecule has 0 spiro atoms. The summed E-state index contributed by atoms with van der Waals surface area (Å²) in [6, 6.07) is 1.85. The number of hydrogen-bond acceptors (Lipinski definition) is 5. The molecule has 2 N–H and O–H groups in total. The minimum atomic E-state index is -4.60. The first-order valence-corrected chi connectivity index (χ1v) is 12.8. The van der Waals surface area contributed by atoms with E-state index in [9.17, 15) is 22.8 Å². The van der Waals surface area contributed by atoms with E-state index in [1.165, 1.54) is 12.8 Å². The predicted octanol–water partition coefficient (Wildman–Crippen LogP) is 4.96. The van der Waals surface area contributed by atoms with Crippen molar-refractivity contribution in [2.75, 3.05) is 26.9 Å². The highest BCUT2D eigenvalue weighted by Gasteiger charge is 2.49. The van der Waals surface area contributed by atoms with Gasteiger partial charge >= 0.3 is 12.1 Å². The van der Waals surface area contributed by atoms with E-state index in [2.05, 4.69) is 11.7 Å². The molecule has 202 valence electrons. The number of ether oxygens (including phenoxy) is 2. The van der Waals surface area contributed by atoms with Gasteiger partial charge in [-0.05, 0) is 73.6 Å². The van der Waals surface area contributed by atoms with Crippen LogP contribution in [0, 0.1) is 17.3 Å². The molecule has 4 rings (SSSR count). The minimum absolute atomic E-state index is 0.0406. The molecule has 1 amide bonds. The maximum absolute atomic E-state index is 13.4. The number of carbonyl (C=O) groups excluding carboxylic acids is 2. The van der Waals surface area contributed by atoms with Gasteiger partial charge in [-0.25, -0.2) is 4.79 Å². The second-order valence-corrected chi connectivity index (χ2v) is 10.8. The third-order valence-corrected chi connectivity index (χ3v) is 7.86. The van der Waals surface area contributed by atoms with Crippen LogP contribution in [0.1, 0.15) is 79.9 Å². The highest BCUT2D eigenvalue weighted by molar-refractivity contribution is 5.92. The van der Waals surface area contributed by atoms with Gasteiger partial charge in [0.05, 0.1) is 23.7 Å². The van der Waals surface area contributed by atoms with E-state index in [0.717, 1.165) is 44.8 Å². The first-order chi connectivity index (χ1) is 16.9. The molecular weight excluding hydrogens is 473 g/mol. The second-order valence-electron chi connectivity index (χ2n) is 10.8. The number of alkyl halides is 3.